The van der Waals surface area contributed by atoms with Gasteiger partial charge in [0.25, 0.3) is 5.91 Å². The molecular weight excluding hydrogens is 400 g/mol. The maximum Gasteiger partial charge on any atom is 0.251 e. The SMILES string of the molecule is COc1ccc(C(=O)NC(c2ccc(Cl)cc2)C(C)C)cc1OCc1cccnc1. The molecule has 3 rings (SSSR count). The summed E-state index contributed by atoms with van der Waals surface area (Å²) < 4.78 is 11.3. The molecule has 0 saturated carbocycles. The van der Waals surface area contributed by atoms with Crippen molar-refractivity contribution in [3.05, 3.63) is 88.7 Å². The van der Waals surface area contributed by atoms with E-state index in [2.05, 4.69) is 24.1 Å². The van der Waals surface area contributed by atoms with Crippen molar-refractivity contribution < 1.29 is 14.3 Å². The van der Waals surface area contributed by atoms with Crippen LogP contribution < -0.4 is 14.8 Å². The van der Waals surface area contributed by atoms with Gasteiger partial charge in [-0.2, -0.15) is 0 Å². The van der Waals surface area contributed by atoms with Gasteiger partial charge in [0.15, 0.2) is 11.5 Å². The van der Waals surface area contributed by atoms with Crippen molar-refractivity contribution >= 4 is 17.5 Å². The van der Waals surface area contributed by atoms with E-state index < -0.39 is 0 Å². The van der Waals surface area contributed by atoms with Crippen molar-refractivity contribution in [1.82, 2.24) is 10.3 Å². The van der Waals surface area contributed by atoms with Gasteiger partial charge in [-0.1, -0.05) is 43.6 Å². The fraction of sp³-hybridized carbons (Fsp3) is 0.250. The number of methoxy groups -OCH3 is 1. The Hall–Kier alpha value is -3.05. The molecule has 0 bridgehead atoms. The second kappa shape index (κ2) is 10.1. The Bertz CT molecular complexity index is 976. The molecule has 3 aromatic rings. The first-order valence-electron chi connectivity index (χ1n) is 9.74. The van der Waals surface area contributed by atoms with Gasteiger partial charge in [-0.25, -0.2) is 0 Å². The smallest absolute Gasteiger partial charge is 0.251 e. The lowest BCUT2D eigenvalue weighted by Gasteiger charge is -2.23. The lowest BCUT2D eigenvalue weighted by Crippen LogP contribution is -2.31. The first-order chi connectivity index (χ1) is 14.5. The molecule has 1 amide bonds. The van der Waals surface area contributed by atoms with Crippen molar-refractivity contribution in [2.45, 2.75) is 26.5 Å². The summed E-state index contributed by atoms with van der Waals surface area (Å²) in [5, 5.41) is 3.78. The molecule has 0 fully saturated rings. The summed E-state index contributed by atoms with van der Waals surface area (Å²) in [7, 11) is 1.57. The summed E-state index contributed by atoms with van der Waals surface area (Å²) >= 11 is 6.00. The number of benzene rings is 2. The van der Waals surface area contributed by atoms with E-state index in [1.165, 1.54) is 0 Å². The van der Waals surface area contributed by atoms with Gasteiger partial charge in [-0.05, 0) is 47.9 Å². The van der Waals surface area contributed by atoms with Crippen LogP contribution in [0.1, 0.15) is 41.4 Å². The molecule has 0 saturated heterocycles. The van der Waals surface area contributed by atoms with Gasteiger partial charge < -0.3 is 14.8 Å². The van der Waals surface area contributed by atoms with Crippen molar-refractivity contribution in [3.63, 3.8) is 0 Å². The highest BCUT2D eigenvalue weighted by atomic mass is 35.5. The first-order valence-corrected chi connectivity index (χ1v) is 10.1. The predicted molar refractivity (Wildman–Crippen MR) is 118 cm³/mol. The average Bonchev–Trinajstić information content (AvgIpc) is 2.77. The molecule has 0 spiro atoms. The van der Waals surface area contributed by atoms with Crippen LogP contribution in [-0.4, -0.2) is 18.0 Å². The van der Waals surface area contributed by atoms with Gasteiger partial charge in [-0.15, -0.1) is 0 Å². The highest BCUT2D eigenvalue weighted by molar-refractivity contribution is 6.30. The molecule has 1 aromatic heterocycles. The average molecular weight is 425 g/mol. The third kappa shape index (κ3) is 5.51. The largest absolute Gasteiger partial charge is 0.493 e. The van der Waals surface area contributed by atoms with Gasteiger partial charge >= 0.3 is 0 Å². The summed E-state index contributed by atoms with van der Waals surface area (Å²) in [6.07, 6.45) is 3.45. The van der Waals surface area contributed by atoms with Crippen molar-refractivity contribution in [2.75, 3.05) is 7.11 Å². The molecule has 0 aliphatic rings. The molecule has 1 atom stereocenters. The number of aromatic nitrogens is 1. The summed E-state index contributed by atoms with van der Waals surface area (Å²) in [4.78, 5) is 17.1. The number of ether oxygens (including phenoxy) is 2. The Labute approximate surface area is 182 Å². The normalized spacial score (nSPS) is 11.8. The summed E-state index contributed by atoms with van der Waals surface area (Å²) in [5.74, 6) is 1.09. The van der Waals surface area contributed by atoms with Crippen LogP contribution in [0, 0.1) is 5.92 Å². The van der Waals surface area contributed by atoms with Gasteiger partial charge in [0.1, 0.15) is 6.61 Å². The maximum atomic E-state index is 13.0. The highest BCUT2D eigenvalue weighted by Crippen LogP contribution is 2.30. The Morgan fingerprint density at radius 3 is 2.50 bits per heavy atom. The minimum absolute atomic E-state index is 0.142. The number of nitrogens with one attached hydrogen (secondary N) is 1. The van der Waals surface area contributed by atoms with Crippen molar-refractivity contribution in [3.8, 4) is 11.5 Å². The molecular formula is C24H25ClN2O3. The number of amides is 1. The summed E-state index contributed by atoms with van der Waals surface area (Å²) in [6.45, 7) is 4.46. The van der Waals surface area contributed by atoms with E-state index >= 15 is 0 Å². The van der Waals surface area contributed by atoms with E-state index in [-0.39, 0.29) is 17.9 Å². The van der Waals surface area contributed by atoms with Crippen LogP contribution in [0.25, 0.3) is 0 Å². The monoisotopic (exact) mass is 424 g/mol. The lowest BCUT2D eigenvalue weighted by atomic mass is 9.95. The van der Waals surface area contributed by atoms with Crippen LogP contribution in [0.2, 0.25) is 5.02 Å². The summed E-state index contributed by atoms with van der Waals surface area (Å²) in [5.41, 5.74) is 2.43. The van der Waals surface area contributed by atoms with Crippen LogP contribution in [0.5, 0.6) is 11.5 Å². The number of nitrogens with zero attached hydrogens (tertiary/aromatic N) is 1. The molecule has 2 aromatic carbocycles. The predicted octanol–water partition coefficient (Wildman–Crippen LogP) is 5.45. The standard InChI is InChI=1S/C24H25ClN2O3/c1-16(2)23(18-6-9-20(25)10-7-18)27-24(28)19-8-11-21(29-3)22(13-19)30-15-17-5-4-12-26-14-17/h4-14,16,23H,15H2,1-3H3,(H,27,28). The third-order valence-electron chi connectivity index (χ3n) is 4.73. The number of hydrogen-bond donors (Lipinski definition) is 1. The van der Waals surface area contributed by atoms with Crippen LogP contribution in [0.3, 0.4) is 0 Å². The van der Waals surface area contributed by atoms with Gasteiger partial charge in [0.2, 0.25) is 0 Å². The van der Waals surface area contributed by atoms with Crippen LogP contribution in [-0.2, 0) is 6.61 Å². The van der Waals surface area contributed by atoms with Crippen LogP contribution >= 0.6 is 11.6 Å². The Morgan fingerprint density at radius 1 is 1.10 bits per heavy atom. The molecule has 30 heavy (non-hydrogen) atoms. The fourth-order valence-corrected chi connectivity index (χ4v) is 3.23. The van der Waals surface area contributed by atoms with E-state index in [1.807, 2.05) is 36.4 Å². The van der Waals surface area contributed by atoms with Gasteiger partial charge in [0, 0.05) is 28.5 Å². The van der Waals surface area contributed by atoms with E-state index in [4.69, 9.17) is 21.1 Å². The number of rotatable bonds is 8. The molecule has 1 heterocycles. The summed E-state index contributed by atoms with van der Waals surface area (Å²) in [6, 6.07) is 16.3. The van der Waals surface area contributed by atoms with Crippen LogP contribution in [0.4, 0.5) is 0 Å². The second-order valence-electron chi connectivity index (χ2n) is 7.26. The minimum atomic E-state index is -0.183. The van der Waals surface area contributed by atoms with E-state index in [9.17, 15) is 4.79 Å². The zero-order chi connectivity index (χ0) is 21.5. The number of carbonyl (C=O) groups is 1. The van der Waals surface area contributed by atoms with E-state index in [0.717, 1.165) is 11.1 Å². The molecule has 0 aliphatic heterocycles. The second-order valence-corrected chi connectivity index (χ2v) is 7.70. The lowest BCUT2D eigenvalue weighted by molar-refractivity contribution is 0.0925. The number of pyridine rings is 1. The zero-order valence-electron chi connectivity index (χ0n) is 17.3. The van der Waals surface area contributed by atoms with Gasteiger partial charge in [-0.3, -0.25) is 9.78 Å². The molecule has 0 radical (unpaired) electrons. The van der Waals surface area contributed by atoms with Gasteiger partial charge in [0.05, 0.1) is 13.2 Å². The quantitative estimate of drug-likeness (QED) is 0.522. The molecule has 156 valence electrons. The Kier molecular flexibility index (Phi) is 7.31. The highest BCUT2D eigenvalue weighted by Gasteiger charge is 2.20. The maximum absolute atomic E-state index is 13.0. The Balaban J connectivity index is 1.78. The minimum Gasteiger partial charge on any atom is -0.493 e. The first kappa shape index (κ1) is 21.7. The van der Waals surface area contributed by atoms with Crippen molar-refractivity contribution in [1.29, 1.82) is 0 Å². The molecule has 6 heteroatoms. The number of hydrogen-bond acceptors (Lipinski definition) is 4. The van der Waals surface area contributed by atoms with E-state index in [0.29, 0.717) is 28.7 Å². The topological polar surface area (TPSA) is 60.5 Å². The van der Waals surface area contributed by atoms with Crippen LogP contribution in [0.15, 0.2) is 67.0 Å². The fourth-order valence-electron chi connectivity index (χ4n) is 3.10. The number of halogens is 1. The number of carbonyl (C=O) groups excluding carboxylic acids is 1. The molecule has 1 unspecified atom stereocenters. The molecule has 1 N–H and O–H groups in total. The molecule has 0 aliphatic carbocycles. The molecule has 5 nitrogen and oxygen atoms in total. The third-order valence-corrected chi connectivity index (χ3v) is 4.98. The zero-order valence-corrected chi connectivity index (χ0v) is 18.0. The van der Waals surface area contributed by atoms with E-state index in [1.54, 1.807) is 37.7 Å². The Morgan fingerprint density at radius 2 is 1.87 bits per heavy atom. The van der Waals surface area contributed by atoms with Crippen molar-refractivity contribution in [2.24, 2.45) is 5.92 Å².